The molecule has 0 spiro atoms. The Morgan fingerprint density at radius 3 is 2.48 bits per heavy atom. The predicted molar refractivity (Wildman–Crippen MR) is 81.2 cm³/mol. The minimum Gasteiger partial charge on any atom is -0.497 e. The van der Waals surface area contributed by atoms with Crippen LogP contribution in [0.3, 0.4) is 0 Å². The number of nitrogens with zero attached hydrogens (tertiary/aromatic N) is 1. The minimum absolute atomic E-state index is 0.122. The Balaban J connectivity index is 2.27. The van der Waals surface area contributed by atoms with Crippen LogP contribution in [-0.2, 0) is 9.53 Å². The lowest BCUT2D eigenvalue weighted by molar-refractivity contribution is -0.133. The van der Waals surface area contributed by atoms with Crippen molar-refractivity contribution in [3.8, 4) is 5.75 Å². The molecule has 116 valence electrons. The molecule has 1 N–H and O–H groups in total. The van der Waals surface area contributed by atoms with Crippen LogP contribution in [0.25, 0.3) is 0 Å². The van der Waals surface area contributed by atoms with E-state index in [1.165, 1.54) is 0 Å². The maximum atomic E-state index is 12.7. The van der Waals surface area contributed by atoms with Gasteiger partial charge in [0.05, 0.1) is 19.3 Å². The number of rotatable bonds is 6. The van der Waals surface area contributed by atoms with Crippen LogP contribution in [-0.4, -0.2) is 43.7 Å². The Kier molecular flexibility index (Phi) is 4.85. The first-order valence-electron chi connectivity index (χ1n) is 7.27. The van der Waals surface area contributed by atoms with Crippen molar-refractivity contribution in [3.05, 3.63) is 29.8 Å². The van der Waals surface area contributed by atoms with Crippen LogP contribution in [0.1, 0.15) is 32.0 Å². The van der Waals surface area contributed by atoms with Crippen molar-refractivity contribution in [1.82, 2.24) is 10.2 Å². The van der Waals surface area contributed by atoms with Crippen LogP contribution in [0, 0.1) is 0 Å². The monoisotopic (exact) mass is 292 g/mol. The van der Waals surface area contributed by atoms with Gasteiger partial charge in [-0.15, -0.1) is 0 Å². The Labute approximate surface area is 126 Å². The smallest absolute Gasteiger partial charge is 0.244 e. The second kappa shape index (κ2) is 6.45. The highest BCUT2D eigenvalue weighted by atomic mass is 16.5. The summed E-state index contributed by atoms with van der Waals surface area (Å²) in [4.78, 5) is 14.5. The number of methoxy groups -OCH3 is 2. The Bertz CT molecular complexity index is 489. The molecule has 1 saturated heterocycles. The van der Waals surface area contributed by atoms with Crippen molar-refractivity contribution in [1.29, 1.82) is 0 Å². The Morgan fingerprint density at radius 2 is 1.95 bits per heavy atom. The molecule has 0 aliphatic carbocycles. The van der Waals surface area contributed by atoms with Gasteiger partial charge in [-0.25, -0.2) is 0 Å². The molecule has 1 fully saturated rings. The van der Waals surface area contributed by atoms with Gasteiger partial charge >= 0.3 is 0 Å². The summed E-state index contributed by atoms with van der Waals surface area (Å²) in [7, 11) is 3.29. The summed E-state index contributed by atoms with van der Waals surface area (Å²) in [6, 6.07) is 7.81. The molecule has 0 bridgehead atoms. The lowest BCUT2D eigenvalue weighted by Gasteiger charge is -2.24. The summed E-state index contributed by atoms with van der Waals surface area (Å²) < 4.78 is 10.3. The van der Waals surface area contributed by atoms with Gasteiger partial charge in [0.25, 0.3) is 0 Å². The summed E-state index contributed by atoms with van der Waals surface area (Å²) in [5, 5.41) is 3.46. The lowest BCUT2D eigenvalue weighted by atomic mass is 9.99. The van der Waals surface area contributed by atoms with Crippen molar-refractivity contribution >= 4 is 5.91 Å². The number of ether oxygens (including phenoxy) is 2. The molecule has 5 heteroatoms. The van der Waals surface area contributed by atoms with E-state index >= 15 is 0 Å². The van der Waals surface area contributed by atoms with Crippen LogP contribution in [0.4, 0.5) is 0 Å². The predicted octanol–water partition coefficient (Wildman–Crippen LogP) is 1.94. The molecule has 2 atom stereocenters. The molecule has 2 rings (SSSR count). The zero-order valence-electron chi connectivity index (χ0n) is 13.2. The van der Waals surface area contributed by atoms with Gasteiger partial charge in [-0.3, -0.25) is 10.1 Å². The molecule has 1 heterocycles. The van der Waals surface area contributed by atoms with Gasteiger partial charge in [-0.1, -0.05) is 19.1 Å². The first kappa shape index (κ1) is 15.8. The number of hydrogen-bond acceptors (Lipinski definition) is 4. The largest absolute Gasteiger partial charge is 0.497 e. The third-order valence-electron chi connectivity index (χ3n) is 4.17. The Hall–Kier alpha value is -1.59. The maximum absolute atomic E-state index is 12.7. The van der Waals surface area contributed by atoms with E-state index in [2.05, 4.69) is 5.32 Å². The van der Waals surface area contributed by atoms with Gasteiger partial charge in [0.1, 0.15) is 11.9 Å². The molecule has 2 unspecified atom stereocenters. The number of hydrogen-bond donors (Lipinski definition) is 1. The molecule has 1 aliphatic heterocycles. The van der Waals surface area contributed by atoms with E-state index < -0.39 is 5.54 Å². The Morgan fingerprint density at radius 1 is 1.29 bits per heavy atom. The zero-order valence-corrected chi connectivity index (χ0v) is 13.2. The zero-order chi connectivity index (χ0) is 15.5. The summed E-state index contributed by atoms with van der Waals surface area (Å²) in [6.45, 7) is 5.09. The topological polar surface area (TPSA) is 50.8 Å². The number of carbonyl (C=O) groups is 1. The molecular weight excluding hydrogens is 268 g/mol. The van der Waals surface area contributed by atoms with Gasteiger partial charge in [-0.2, -0.15) is 0 Å². The molecular formula is C16H24N2O3. The van der Waals surface area contributed by atoms with Crippen molar-refractivity contribution in [2.24, 2.45) is 0 Å². The van der Waals surface area contributed by atoms with Gasteiger partial charge in [0.15, 0.2) is 0 Å². The van der Waals surface area contributed by atoms with Crippen LogP contribution >= 0.6 is 0 Å². The van der Waals surface area contributed by atoms with Crippen molar-refractivity contribution in [2.45, 2.75) is 32.0 Å². The van der Waals surface area contributed by atoms with Gasteiger partial charge in [0.2, 0.25) is 5.91 Å². The molecule has 1 aromatic rings. The summed E-state index contributed by atoms with van der Waals surface area (Å²) >= 11 is 0. The average molecular weight is 292 g/mol. The van der Waals surface area contributed by atoms with E-state index in [-0.39, 0.29) is 12.1 Å². The fourth-order valence-electron chi connectivity index (χ4n) is 2.60. The molecule has 0 saturated carbocycles. The normalized spacial score (nSPS) is 25.4. The fourth-order valence-corrected chi connectivity index (χ4v) is 2.60. The first-order valence-corrected chi connectivity index (χ1v) is 7.27. The third-order valence-corrected chi connectivity index (χ3v) is 4.17. The van der Waals surface area contributed by atoms with E-state index in [1.807, 2.05) is 43.0 Å². The van der Waals surface area contributed by atoms with Gasteiger partial charge in [0, 0.05) is 13.7 Å². The maximum Gasteiger partial charge on any atom is 0.244 e. The van der Waals surface area contributed by atoms with Crippen LogP contribution < -0.4 is 10.1 Å². The molecule has 1 aromatic carbocycles. The number of benzene rings is 1. The standard InChI is InChI=1S/C16H24N2O3/c1-5-16(2)15(19)18(10-11-20-3)14(17-16)12-6-8-13(21-4)9-7-12/h6-9,14,17H,5,10-11H2,1-4H3. The summed E-state index contributed by atoms with van der Waals surface area (Å²) in [6.07, 6.45) is 0.630. The van der Waals surface area contributed by atoms with Gasteiger partial charge in [-0.05, 0) is 31.0 Å². The quantitative estimate of drug-likeness (QED) is 0.870. The molecule has 1 amide bonds. The summed E-state index contributed by atoms with van der Waals surface area (Å²) in [5.41, 5.74) is 0.538. The number of carbonyl (C=O) groups excluding carboxylic acids is 1. The molecule has 0 aromatic heterocycles. The van der Waals surface area contributed by atoms with E-state index in [9.17, 15) is 4.79 Å². The van der Waals surface area contributed by atoms with E-state index in [0.717, 1.165) is 17.7 Å². The third kappa shape index (κ3) is 3.04. The second-order valence-corrected chi connectivity index (χ2v) is 5.50. The SMILES string of the molecule is CCC1(C)NC(c2ccc(OC)cc2)N(CCOC)C1=O. The van der Waals surface area contributed by atoms with E-state index in [4.69, 9.17) is 9.47 Å². The highest BCUT2D eigenvalue weighted by molar-refractivity contribution is 5.88. The number of amides is 1. The molecule has 5 nitrogen and oxygen atoms in total. The fraction of sp³-hybridized carbons (Fsp3) is 0.562. The summed E-state index contributed by atoms with van der Waals surface area (Å²) in [5.74, 6) is 0.938. The van der Waals surface area contributed by atoms with Gasteiger partial charge < -0.3 is 14.4 Å². The molecule has 0 radical (unpaired) electrons. The van der Waals surface area contributed by atoms with Crippen LogP contribution in [0.5, 0.6) is 5.75 Å². The van der Waals surface area contributed by atoms with Crippen molar-refractivity contribution in [3.63, 3.8) is 0 Å². The highest BCUT2D eigenvalue weighted by Crippen LogP contribution is 2.32. The second-order valence-electron chi connectivity index (χ2n) is 5.50. The van der Waals surface area contributed by atoms with Crippen molar-refractivity contribution < 1.29 is 14.3 Å². The average Bonchev–Trinajstić information content (AvgIpc) is 2.78. The molecule has 1 aliphatic rings. The minimum atomic E-state index is -0.516. The van der Waals surface area contributed by atoms with E-state index in [0.29, 0.717) is 13.2 Å². The first-order chi connectivity index (χ1) is 10.1. The number of nitrogens with one attached hydrogen (secondary N) is 1. The van der Waals surface area contributed by atoms with Crippen LogP contribution in [0.15, 0.2) is 24.3 Å². The van der Waals surface area contributed by atoms with E-state index in [1.54, 1.807) is 14.2 Å². The highest BCUT2D eigenvalue weighted by Gasteiger charge is 2.46. The lowest BCUT2D eigenvalue weighted by Crippen LogP contribution is -2.43. The molecule has 21 heavy (non-hydrogen) atoms. The van der Waals surface area contributed by atoms with Crippen molar-refractivity contribution in [2.75, 3.05) is 27.4 Å². The van der Waals surface area contributed by atoms with Crippen LogP contribution in [0.2, 0.25) is 0 Å².